The molecule has 1 aliphatic rings. The second kappa shape index (κ2) is 3.23. The zero-order valence-electron chi connectivity index (χ0n) is 9.52. The summed E-state index contributed by atoms with van der Waals surface area (Å²) < 4.78 is 0. The molecule has 3 heteroatoms. The number of likely N-dealkylation sites (tertiary alicyclic amines) is 1. The zero-order valence-corrected chi connectivity index (χ0v) is 9.52. The molecule has 0 saturated carbocycles. The lowest BCUT2D eigenvalue weighted by atomic mass is 9.78. The summed E-state index contributed by atoms with van der Waals surface area (Å²) in [6, 6.07) is 0.446. The summed E-state index contributed by atoms with van der Waals surface area (Å²) in [5, 5.41) is 0. The number of nitrogens with zero attached hydrogens (tertiary/aromatic N) is 1. The molecule has 1 saturated heterocycles. The van der Waals surface area contributed by atoms with Crippen molar-refractivity contribution < 1.29 is 0 Å². The number of rotatable bonds is 1. The standard InChI is InChI=1S/C10H23N3/c1-9(2)6-8(12-11)7-10(3,4)13(9)5/h8,12H,6-7,11H2,1-5H3. The van der Waals surface area contributed by atoms with E-state index >= 15 is 0 Å². The minimum atomic E-state index is 0.235. The van der Waals surface area contributed by atoms with Crippen LogP contribution in [0.3, 0.4) is 0 Å². The van der Waals surface area contributed by atoms with E-state index in [0.29, 0.717) is 6.04 Å². The lowest BCUT2D eigenvalue weighted by Gasteiger charge is -2.53. The van der Waals surface area contributed by atoms with E-state index in [4.69, 9.17) is 5.84 Å². The van der Waals surface area contributed by atoms with Crippen LogP contribution in [-0.2, 0) is 0 Å². The predicted molar refractivity (Wildman–Crippen MR) is 56.3 cm³/mol. The van der Waals surface area contributed by atoms with Crippen LogP contribution in [0, 0.1) is 0 Å². The number of piperidine rings is 1. The van der Waals surface area contributed by atoms with Crippen molar-refractivity contribution in [3.63, 3.8) is 0 Å². The van der Waals surface area contributed by atoms with E-state index < -0.39 is 0 Å². The maximum absolute atomic E-state index is 5.52. The highest BCUT2D eigenvalue weighted by atomic mass is 15.3. The van der Waals surface area contributed by atoms with Crippen molar-refractivity contribution in [3.05, 3.63) is 0 Å². The predicted octanol–water partition coefficient (Wildman–Crippen LogP) is 1.10. The van der Waals surface area contributed by atoms with E-state index in [-0.39, 0.29) is 11.1 Å². The Morgan fingerprint density at radius 3 is 1.85 bits per heavy atom. The van der Waals surface area contributed by atoms with Crippen LogP contribution >= 0.6 is 0 Å². The molecule has 0 amide bonds. The first kappa shape index (κ1) is 11.0. The highest BCUT2D eigenvalue weighted by Crippen LogP contribution is 2.36. The van der Waals surface area contributed by atoms with Gasteiger partial charge in [0.1, 0.15) is 0 Å². The zero-order chi connectivity index (χ0) is 10.3. The Kier molecular flexibility index (Phi) is 2.72. The summed E-state index contributed by atoms with van der Waals surface area (Å²) in [5.41, 5.74) is 3.38. The Labute approximate surface area is 81.6 Å². The molecular formula is C10H23N3. The second-order valence-electron chi connectivity index (χ2n) is 5.46. The second-order valence-corrected chi connectivity index (χ2v) is 5.46. The van der Waals surface area contributed by atoms with Crippen molar-refractivity contribution >= 4 is 0 Å². The molecule has 3 nitrogen and oxygen atoms in total. The van der Waals surface area contributed by atoms with E-state index in [1.807, 2.05) is 0 Å². The quantitative estimate of drug-likeness (QED) is 0.475. The van der Waals surface area contributed by atoms with Crippen LogP contribution in [0.4, 0.5) is 0 Å². The maximum atomic E-state index is 5.52. The van der Waals surface area contributed by atoms with Crippen molar-refractivity contribution in [2.45, 2.75) is 57.7 Å². The highest BCUT2D eigenvalue weighted by molar-refractivity contribution is 5.00. The van der Waals surface area contributed by atoms with Gasteiger partial charge in [0.25, 0.3) is 0 Å². The molecule has 1 aliphatic heterocycles. The first-order valence-electron chi connectivity index (χ1n) is 5.00. The minimum Gasteiger partial charge on any atom is -0.296 e. The number of nitrogens with one attached hydrogen (secondary N) is 1. The topological polar surface area (TPSA) is 41.3 Å². The molecule has 0 spiro atoms. The van der Waals surface area contributed by atoms with Gasteiger partial charge < -0.3 is 0 Å². The van der Waals surface area contributed by atoms with Crippen molar-refractivity contribution in [1.29, 1.82) is 0 Å². The third kappa shape index (κ3) is 2.03. The summed E-state index contributed by atoms with van der Waals surface area (Å²) in [4.78, 5) is 2.45. The van der Waals surface area contributed by atoms with Gasteiger partial charge in [-0.25, -0.2) is 0 Å². The molecule has 0 bridgehead atoms. The lowest BCUT2D eigenvalue weighted by molar-refractivity contribution is -0.0180. The van der Waals surface area contributed by atoms with Gasteiger partial charge in [-0.2, -0.15) is 0 Å². The fraction of sp³-hybridized carbons (Fsp3) is 1.00. The van der Waals surface area contributed by atoms with Gasteiger partial charge in [0, 0.05) is 17.1 Å². The van der Waals surface area contributed by atoms with Gasteiger partial charge in [-0.1, -0.05) is 0 Å². The summed E-state index contributed by atoms with van der Waals surface area (Å²) in [5.74, 6) is 5.52. The largest absolute Gasteiger partial charge is 0.296 e. The highest BCUT2D eigenvalue weighted by Gasteiger charge is 2.42. The monoisotopic (exact) mass is 185 g/mol. The summed E-state index contributed by atoms with van der Waals surface area (Å²) in [6.45, 7) is 9.10. The Morgan fingerprint density at radius 2 is 1.54 bits per heavy atom. The molecule has 1 fully saturated rings. The summed E-state index contributed by atoms with van der Waals surface area (Å²) in [6.07, 6.45) is 2.23. The summed E-state index contributed by atoms with van der Waals surface area (Å²) >= 11 is 0. The van der Waals surface area contributed by atoms with Gasteiger partial charge in [0.15, 0.2) is 0 Å². The maximum Gasteiger partial charge on any atom is 0.0245 e. The molecule has 0 unspecified atom stereocenters. The third-order valence-corrected chi connectivity index (χ3v) is 3.54. The third-order valence-electron chi connectivity index (χ3n) is 3.54. The number of hydrazine groups is 1. The molecule has 0 atom stereocenters. The van der Waals surface area contributed by atoms with E-state index in [1.54, 1.807) is 0 Å². The van der Waals surface area contributed by atoms with Gasteiger partial charge in [-0.3, -0.25) is 16.2 Å². The van der Waals surface area contributed by atoms with Crippen LogP contribution < -0.4 is 11.3 Å². The molecule has 0 aromatic heterocycles. The Morgan fingerprint density at radius 1 is 1.15 bits per heavy atom. The molecule has 13 heavy (non-hydrogen) atoms. The first-order valence-corrected chi connectivity index (χ1v) is 5.00. The molecule has 3 N–H and O–H groups in total. The smallest absolute Gasteiger partial charge is 0.0245 e. The van der Waals surface area contributed by atoms with Crippen LogP contribution in [0.5, 0.6) is 0 Å². The van der Waals surface area contributed by atoms with E-state index in [9.17, 15) is 0 Å². The molecule has 1 rings (SSSR count). The van der Waals surface area contributed by atoms with Crippen LogP contribution in [0.2, 0.25) is 0 Å². The Balaban J connectivity index is 2.82. The first-order chi connectivity index (χ1) is 5.79. The average Bonchev–Trinajstić information content (AvgIpc) is 1.99. The van der Waals surface area contributed by atoms with Gasteiger partial charge >= 0.3 is 0 Å². The number of nitrogens with two attached hydrogens (primary N) is 1. The molecule has 0 aromatic rings. The van der Waals surface area contributed by atoms with Crippen LogP contribution in [0.15, 0.2) is 0 Å². The Bertz CT molecular complexity index is 169. The average molecular weight is 185 g/mol. The Hall–Kier alpha value is -0.120. The van der Waals surface area contributed by atoms with E-state index in [1.165, 1.54) is 0 Å². The van der Waals surface area contributed by atoms with Crippen molar-refractivity contribution in [3.8, 4) is 0 Å². The minimum absolute atomic E-state index is 0.235. The lowest BCUT2D eigenvalue weighted by Crippen LogP contribution is -2.62. The SMILES string of the molecule is CN1C(C)(C)CC(NN)CC1(C)C. The van der Waals surface area contributed by atoms with Crippen LogP contribution in [-0.4, -0.2) is 29.1 Å². The summed E-state index contributed by atoms with van der Waals surface area (Å²) in [7, 11) is 2.20. The van der Waals surface area contributed by atoms with E-state index in [2.05, 4.69) is 45.1 Å². The number of hydrogen-bond donors (Lipinski definition) is 2. The van der Waals surface area contributed by atoms with Crippen LogP contribution in [0.1, 0.15) is 40.5 Å². The normalized spacial score (nSPS) is 29.1. The van der Waals surface area contributed by atoms with Gasteiger partial charge in [-0.05, 0) is 47.6 Å². The molecule has 1 heterocycles. The molecule has 0 aliphatic carbocycles. The fourth-order valence-corrected chi connectivity index (χ4v) is 2.49. The van der Waals surface area contributed by atoms with Crippen molar-refractivity contribution in [1.82, 2.24) is 10.3 Å². The van der Waals surface area contributed by atoms with Crippen LogP contribution in [0.25, 0.3) is 0 Å². The van der Waals surface area contributed by atoms with Gasteiger partial charge in [0.05, 0.1) is 0 Å². The van der Waals surface area contributed by atoms with E-state index in [0.717, 1.165) is 12.8 Å². The van der Waals surface area contributed by atoms with Crippen molar-refractivity contribution in [2.24, 2.45) is 5.84 Å². The molecule has 0 radical (unpaired) electrons. The van der Waals surface area contributed by atoms with Gasteiger partial charge in [0.2, 0.25) is 0 Å². The number of hydrogen-bond acceptors (Lipinski definition) is 3. The molecule has 78 valence electrons. The molecule has 0 aromatic carbocycles. The van der Waals surface area contributed by atoms with Crippen molar-refractivity contribution in [2.75, 3.05) is 7.05 Å². The van der Waals surface area contributed by atoms with Gasteiger partial charge in [-0.15, -0.1) is 0 Å². The molecular weight excluding hydrogens is 162 g/mol. The fourth-order valence-electron chi connectivity index (χ4n) is 2.49.